The Balaban J connectivity index is 2.76. The maximum absolute atomic E-state index is 6.22. The Labute approximate surface area is 117 Å². The van der Waals surface area contributed by atoms with Gasteiger partial charge >= 0.3 is 0 Å². The molecule has 2 unspecified atom stereocenters. The summed E-state index contributed by atoms with van der Waals surface area (Å²) in [6, 6.07) is 0. The zero-order valence-electron chi connectivity index (χ0n) is 12.8. The van der Waals surface area contributed by atoms with E-state index in [1.165, 1.54) is 64.2 Å². The number of unbranched alkanes of at least 4 members (excludes halogenated alkanes) is 3. The second-order valence-electron chi connectivity index (χ2n) is 6.08. The maximum Gasteiger partial charge on any atom is 0.0869 e. The van der Waals surface area contributed by atoms with Gasteiger partial charge in [0.25, 0.3) is 0 Å². The molecule has 1 saturated heterocycles. The molecule has 2 heteroatoms. The molecule has 0 N–H and O–H groups in total. The Kier molecular flexibility index (Phi) is 7.17. The summed E-state index contributed by atoms with van der Waals surface area (Å²) in [6.45, 7) is 7.86. The predicted molar refractivity (Wildman–Crippen MR) is 84.0 cm³/mol. The molecular weight excluding hydrogens is 239 g/mol. The normalized spacial score (nSPS) is 26.7. The van der Waals surface area contributed by atoms with Gasteiger partial charge in [-0.3, -0.25) is 0 Å². The van der Waals surface area contributed by atoms with Crippen molar-refractivity contribution < 1.29 is 4.74 Å². The first kappa shape index (κ1) is 16.4. The van der Waals surface area contributed by atoms with E-state index in [1.807, 2.05) is 0 Å². The minimum Gasteiger partial charge on any atom is -0.370 e. The van der Waals surface area contributed by atoms with Crippen molar-refractivity contribution in [1.29, 1.82) is 0 Å². The molecule has 1 rings (SSSR count). The smallest absolute Gasteiger partial charge is 0.0869 e. The van der Waals surface area contributed by atoms with Crippen molar-refractivity contribution in [3.8, 4) is 0 Å². The van der Waals surface area contributed by atoms with E-state index >= 15 is 0 Å². The summed E-state index contributed by atoms with van der Waals surface area (Å²) in [4.78, 5) is 0. The SMILES string of the molecule is CCCCC1(CCCC)CCOC1(P)CCCC. The molecule has 0 aromatic carbocycles. The van der Waals surface area contributed by atoms with Crippen molar-refractivity contribution in [3.63, 3.8) is 0 Å². The van der Waals surface area contributed by atoms with Crippen LogP contribution in [0.1, 0.15) is 85.0 Å². The van der Waals surface area contributed by atoms with Crippen molar-refractivity contribution in [1.82, 2.24) is 0 Å². The fraction of sp³-hybridized carbons (Fsp3) is 1.00. The Hall–Kier alpha value is 0.390. The lowest BCUT2D eigenvalue weighted by Gasteiger charge is -2.43. The van der Waals surface area contributed by atoms with Crippen LogP contribution in [0.2, 0.25) is 0 Å². The number of hydrogen-bond acceptors (Lipinski definition) is 1. The third-order valence-corrected chi connectivity index (χ3v) is 5.83. The van der Waals surface area contributed by atoms with Crippen LogP contribution in [0.25, 0.3) is 0 Å². The van der Waals surface area contributed by atoms with E-state index in [1.54, 1.807) is 0 Å². The molecule has 0 bridgehead atoms. The predicted octanol–water partition coefficient (Wildman–Crippen LogP) is 5.54. The first-order chi connectivity index (χ1) is 8.64. The number of ether oxygens (including phenoxy) is 1. The summed E-state index contributed by atoms with van der Waals surface area (Å²) in [7, 11) is 3.12. The molecule has 0 aromatic heterocycles. The van der Waals surface area contributed by atoms with Gasteiger partial charge in [0.2, 0.25) is 0 Å². The first-order valence-electron chi connectivity index (χ1n) is 8.07. The zero-order valence-corrected chi connectivity index (χ0v) is 13.9. The standard InChI is InChI=1S/C16H33OP/c1-4-7-10-15(11-8-5-2)13-14-17-16(15,18)12-9-6-3/h4-14,18H2,1-3H3. The Morgan fingerprint density at radius 2 is 1.39 bits per heavy atom. The number of hydrogen-bond donors (Lipinski definition) is 0. The van der Waals surface area contributed by atoms with Gasteiger partial charge in [0, 0.05) is 12.0 Å². The van der Waals surface area contributed by atoms with E-state index in [0.717, 1.165) is 6.61 Å². The zero-order chi connectivity index (χ0) is 13.5. The van der Waals surface area contributed by atoms with E-state index in [0.29, 0.717) is 5.41 Å². The molecule has 2 atom stereocenters. The Bertz CT molecular complexity index is 221. The lowest BCUT2D eigenvalue weighted by atomic mass is 9.71. The van der Waals surface area contributed by atoms with Crippen LogP contribution >= 0.6 is 9.24 Å². The second-order valence-corrected chi connectivity index (χ2v) is 7.01. The topological polar surface area (TPSA) is 9.23 Å². The van der Waals surface area contributed by atoms with E-state index in [-0.39, 0.29) is 5.34 Å². The van der Waals surface area contributed by atoms with Gasteiger partial charge < -0.3 is 4.74 Å². The van der Waals surface area contributed by atoms with Crippen LogP contribution in [0.3, 0.4) is 0 Å². The first-order valence-corrected chi connectivity index (χ1v) is 8.64. The maximum atomic E-state index is 6.22. The van der Waals surface area contributed by atoms with Crippen LogP contribution < -0.4 is 0 Å². The van der Waals surface area contributed by atoms with Crippen LogP contribution in [0.4, 0.5) is 0 Å². The van der Waals surface area contributed by atoms with Crippen LogP contribution in [-0.2, 0) is 4.74 Å². The Morgan fingerprint density at radius 3 is 1.89 bits per heavy atom. The second kappa shape index (κ2) is 7.85. The van der Waals surface area contributed by atoms with Crippen molar-refractivity contribution in [2.24, 2.45) is 5.41 Å². The van der Waals surface area contributed by atoms with Gasteiger partial charge in [-0.15, -0.1) is 9.24 Å². The van der Waals surface area contributed by atoms with Crippen LogP contribution in [0.5, 0.6) is 0 Å². The summed E-state index contributed by atoms with van der Waals surface area (Å²) in [6.07, 6.45) is 13.1. The van der Waals surface area contributed by atoms with Gasteiger partial charge in [0.15, 0.2) is 0 Å². The van der Waals surface area contributed by atoms with E-state index in [4.69, 9.17) is 4.74 Å². The minimum absolute atomic E-state index is 0.0767. The summed E-state index contributed by atoms with van der Waals surface area (Å²) in [5.41, 5.74) is 0.443. The molecule has 0 aromatic rings. The van der Waals surface area contributed by atoms with Gasteiger partial charge in [0.05, 0.1) is 5.34 Å². The lowest BCUT2D eigenvalue weighted by Crippen LogP contribution is -2.40. The molecule has 0 radical (unpaired) electrons. The molecule has 1 nitrogen and oxygen atoms in total. The monoisotopic (exact) mass is 272 g/mol. The molecule has 108 valence electrons. The average molecular weight is 272 g/mol. The van der Waals surface area contributed by atoms with Gasteiger partial charge in [0.1, 0.15) is 0 Å². The van der Waals surface area contributed by atoms with Crippen molar-refractivity contribution in [2.45, 2.75) is 90.3 Å². The highest BCUT2D eigenvalue weighted by atomic mass is 31.0. The fourth-order valence-electron chi connectivity index (χ4n) is 3.40. The van der Waals surface area contributed by atoms with E-state index in [9.17, 15) is 0 Å². The molecule has 0 aliphatic carbocycles. The third-order valence-electron chi connectivity index (χ3n) is 4.76. The fourth-order valence-corrected chi connectivity index (χ4v) is 4.15. The molecule has 0 saturated carbocycles. The van der Waals surface area contributed by atoms with Gasteiger partial charge in [-0.2, -0.15) is 0 Å². The molecule has 1 aliphatic rings. The van der Waals surface area contributed by atoms with Crippen molar-refractivity contribution in [3.05, 3.63) is 0 Å². The van der Waals surface area contributed by atoms with Crippen LogP contribution in [-0.4, -0.2) is 11.9 Å². The van der Waals surface area contributed by atoms with Gasteiger partial charge in [-0.1, -0.05) is 59.3 Å². The van der Waals surface area contributed by atoms with Crippen LogP contribution in [0.15, 0.2) is 0 Å². The highest BCUT2D eigenvalue weighted by molar-refractivity contribution is 7.18. The molecule has 18 heavy (non-hydrogen) atoms. The van der Waals surface area contributed by atoms with Gasteiger partial charge in [-0.05, 0) is 25.7 Å². The highest BCUT2D eigenvalue weighted by Gasteiger charge is 2.51. The van der Waals surface area contributed by atoms with E-state index in [2.05, 4.69) is 30.0 Å². The van der Waals surface area contributed by atoms with Gasteiger partial charge in [-0.25, -0.2) is 0 Å². The third kappa shape index (κ3) is 3.70. The lowest BCUT2D eigenvalue weighted by molar-refractivity contribution is -0.00389. The largest absolute Gasteiger partial charge is 0.370 e. The summed E-state index contributed by atoms with van der Waals surface area (Å²) in [5, 5.41) is 0.0767. The molecule has 0 spiro atoms. The van der Waals surface area contributed by atoms with Crippen LogP contribution in [0, 0.1) is 5.41 Å². The summed E-state index contributed by atoms with van der Waals surface area (Å²) >= 11 is 0. The minimum atomic E-state index is 0.0767. The average Bonchev–Trinajstić information content (AvgIpc) is 2.70. The molecule has 1 fully saturated rings. The summed E-state index contributed by atoms with van der Waals surface area (Å²) < 4.78 is 6.22. The molecule has 1 heterocycles. The van der Waals surface area contributed by atoms with Crippen molar-refractivity contribution >= 4 is 9.24 Å². The van der Waals surface area contributed by atoms with E-state index < -0.39 is 0 Å². The Morgan fingerprint density at radius 1 is 0.889 bits per heavy atom. The van der Waals surface area contributed by atoms with Crippen molar-refractivity contribution in [2.75, 3.05) is 6.61 Å². The molecule has 0 amide bonds. The summed E-state index contributed by atoms with van der Waals surface area (Å²) in [5.74, 6) is 0. The highest BCUT2D eigenvalue weighted by Crippen LogP contribution is 2.56. The molecule has 1 aliphatic heterocycles. The number of rotatable bonds is 9. The quantitative estimate of drug-likeness (QED) is 0.501. The molecular formula is C16H33OP.